The summed E-state index contributed by atoms with van der Waals surface area (Å²) in [7, 11) is 1.36. The van der Waals surface area contributed by atoms with Gasteiger partial charge in [-0.1, -0.05) is 44.7 Å². The number of esters is 1. The summed E-state index contributed by atoms with van der Waals surface area (Å²) in [5.41, 5.74) is 2.20. The number of benzene rings is 1. The molecule has 0 spiro atoms. The van der Waals surface area contributed by atoms with Gasteiger partial charge in [0.1, 0.15) is 5.25 Å². The van der Waals surface area contributed by atoms with Crippen molar-refractivity contribution in [3.63, 3.8) is 0 Å². The average molecular weight is 320 g/mol. The fourth-order valence-electron chi connectivity index (χ4n) is 1.85. The maximum atomic E-state index is 11.4. The number of hydrogen-bond donors (Lipinski definition) is 0. The van der Waals surface area contributed by atoms with Crippen LogP contribution in [-0.2, 0) is 14.9 Å². The number of rotatable bonds is 4. The van der Waals surface area contributed by atoms with Gasteiger partial charge in [0.25, 0.3) is 5.22 Å². The highest BCUT2D eigenvalue weighted by atomic mass is 32.2. The molecule has 1 atom stereocenters. The van der Waals surface area contributed by atoms with E-state index in [1.54, 1.807) is 6.92 Å². The number of carbonyl (C=O) groups excluding carboxylic acids is 1. The molecule has 0 saturated carbocycles. The standard InChI is InChI=1S/C16H20N2O3S/c1-10(14(19)20-5)22-15-18-17-13(21-15)11-6-8-12(9-7-11)16(2,3)4/h6-10H,1-5H3. The molecule has 0 fully saturated rings. The molecular formula is C16H20N2O3S. The molecule has 118 valence electrons. The zero-order chi connectivity index (χ0) is 16.3. The minimum Gasteiger partial charge on any atom is -0.468 e. The third-order valence-electron chi connectivity index (χ3n) is 3.22. The Morgan fingerprint density at radius 1 is 1.23 bits per heavy atom. The van der Waals surface area contributed by atoms with E-state index in [1.165, 1.54) is 24.4 Å². The monoisotopic (exact) mass is 320 g/mol. The van der Waals surface area contributed by atoms with E-state index < -0.39 is 0 Å². The lowest BCUT2D eigenvalue weighted by atomic mass is 9.87. The summed E-state index contributed by atoms with van der Waals surface area (Å²) in [6.07, 6.45) is 0. The van der Waals surface area contributed by atoms with E-state index >= 15 is 0 Å². The summed E-state index contributed by atoms with van der Waals surface area (Å²) in [5, 5.41) is 7.95. The smallest absolute Gasteiger partial charge is 0.319 e. The summed E-state index contributed by atoms with van der Waals surface area (Å²) < 4.78 is 10.3. The molecule has 2 aromatic rings. The first kappa shape index (κ1) is 16.5. The predicted molar refractivity (Wildman–Crippen MR) is 85.8 cm³/mol. The highest BCUT2D eigenvalue weighted by Gasteiger charge is 2.19. The molecule has 1 aromatic heterocycles. The van der Waals surface area contributed by atoms with Gasteiger partial charge < -0.3 is 9.15 Å². The minimum atomic E-state index is -0.387. The van der Waals surface area contributed by atoms with E-state index in [2.05, 4.69) is 47.8 Å². The van der Waals surface area contributed by atoms with Crippen molar-refractivity contribution >= 4 is 17.7 Å². The third kappa shape index (κ3) is 3.88. The van der Waals surface area contributed by atoms with Crippen LogP contribution >= 0.6 is 11.8 Å². The first-order valence-corrected chi connectivity index (χ1v) is 7.88. The highest BCUT2D eigenvalue weighted by molar-refractivity contribution is 8.00. The number of methoxy groups -OCH3 is 1. The normalized spacial score (nSPS) is 13.0. The van der Waals surface area contributed by atoms with Crippen molar-refractivity contribution < 1.29 is 13.9 Å². The molecular weight excluding hydrogens is 300 g/mol. The van der Waals surface area contributed by atoms with Crippen LogP contribution in [-0.4, -0.2) is 28.5 Å². The van der Waals surface area contributed by atoms with Crippen molar-refractivity contribution in [2.45, 2.75) is 43.6 Å². The van der Waals surface area contributed by atoms with Crippen LogP contribution in [0.25, 0.3) is 11.5 Å². The lowest BCUT2D eigenvalue weighted by molar-refractivity contribution is -0.139. The Bertz CT molecular complexity index is 644. The van der Waals surface area contributed by atoms with Crippen LogP contribution < -0.4 is 0 Å². The Morgan fingerprint density at radius 3 is 2.41 bits per heavy atom. The topological polar surface area (TPSA) is 65.2 Å². The Kier molecular flexibility index (Phi) is 4.90. The SMILES string of the molecule is COC(=O)C(C)Sc1nnc(-c2ccc(C(C)(C)C)cc2)o1. The Labute approximate surface area is 134 Å². The van der Waals surface area contributed by atoms with Crippen LogP contribution in [0.3, 0.4) is 0 Å². The zero-order valence-corrected chi connectivity index (χ0v) is 14.2. The predicted octanol–water partition coefficient (Wildman–Crippen LogP) is 3.69. The van der Waals surface area contributed by atoms with E-state index in [-0.39, 0.29) is 16.6 Å². The van der Waals surface area contributed by atoms with Crippen molar-refractivity contribution in [1.29, 1.82) is 0 Å². The van der Waals surface area contributed by atoms with E-state index in [0.29, 0.717) is 11.1 Å². The molecule has 0 aliphatic rings. The zero-order valence-electron chi connectivity index (χ0n) is 13.4. The number of ether oxygens (including phenoxy) is 1. The molecule has 1 heterocycles. The molecule has 0 amide bonds. The van der Waals surface area contributed by atoms with E-state index in [0.717, 1.165) is 5.56 Å². The van der Waals surface area contributed by atoms with Crippen molar-refractivity contribution in [1.82, 2.24) is 10.2 Å². The van der Waals surface area contributed by atoms with E-state index in [1.807, 2.05) is 12.1 Å². The van der Waals surface area contributed by atoms with Crippen molar-refractivity contribution in [3.05, 3.63) is 29.8 Å². The number of aromatic nitrogens is 2. The van der Waals surface area contributed by atoms with Gasteiger partial charge in [0.2, 0.25) is 5.89 Å². The molecule has 0 aliphatic heterocycles. The van der Waals surface area contributed by atoms with E-state index in [4.69, 9.17) is 4.42 Å². The fourth-order valence-corrected chi connectivity index (χ4v) is 2.56. The molecule has 5 nitrogen and oxygen atoms in total. The number of carbonyl (C=O) groups is 1. The van der Waals surface area contributed by atoms with Gasteiger partial charge in [-0.25, -0.2) is 0 Å². The van der Waals surface area contributed by atoms with Crippen LogP contribution in [0.2, 0.25) is 0 Å². The van der Waals surface area contributed by atoms with Crippen LogP contribution in [0.15, 0.2) is 33.9 Å². The molecule has 1 unspecified atom stereocenters. The van der Waals surface area contributed by atoms with Crippen molar-refractivity contribution in [2.24, 2.45) is 0 Å². The second-order valence-corrected chi connectivity index (χ2v) is 7.28. The summed E-state index contributed by atoms with van der Waals surface area (Å²) in [6, 6.07) is 8.05. The molecule has 0 N–H and O–H groups in total. The number of thioether (sulfide) groups is 1. The number of nitrogens with zero attached hydrogens (tertiary/aromatic N) is 2. The first-order valence-electron chi connectivity index (χ1n) is 7.00. The summed E-state index contributed by atoms with van der Waals surface area (Å²) in [5.74, 6) is 0.124. The Hall–Kier alpha value is -1.82. The van der Waals surface area contributed by atoms with Gasteiger partial charge in [-0.3, -0.25) is 4.79 Å². The van der Waals surface area contributed by atoms with E-state index in [9.17, 15) is 4.79 Å². The van der Waals surface area contributed by atoms with Gasteiger partial charge in [-0.2, -0.15) is 0 Å². The van der Waals surface area contributed by atoms with Crippen LogP contribution in [0.4, 0.5) is 0 Å². The largest absolute Gasteiger partial charge is 0.468 e. The second kappa shape index (κ2) is 6.52. The van der Waals surface area contributed by atoms with Gasteiger partial charge in [0.15, 0.2) is 0 Å². The Morgan fingerprint density at radius 2 is 1.86 bits per heavy atom. The maximum absolute atomic E-state index is 11.4. The van der Waals surface area contributed by atoms with Gasteiger partial charge in [0, 0.05) is 5.56 Å². The first-order chi connectivity index (χ1) is 10.3. The van der Waals surface area contributed by atoms with Gasteiger partial charge in [-0.05, 0) is 30.0 Å². The van der Waals surface area contributed by atoms with Gasteiger partial charge in [-0.15, -0.1) is 10.2 Å². The fraction of sp³-hybridized carbons (Fsp3) is 0.438. The molecule has 0 saturated heterocycles. The molecule has 2 rings (SSSR count). The quantitative estimate of drug-likeness (QED) is 0.632. The van der Waals surface area contributed by atoms with Crippen LogP contribution in [0.5, 0.6) is 0 Å². The summed E-state index contributed by atoms with van der Waals surface area (Å²) >= 11 is 1.18. The molecule has 0 aliphatic carbocycles. The van der Waals surface area contributed by atoms with Gasteiger partial charge >= 0.3 is 5.97 Å². The Balaban J connectivity index is 2.13. The van der Waals surface area contributed by atoms with Crippen molar-refractivity contribution in [2.75, 3.05) is 7.11 Å². The summed E-state index contributed by atoms with van der Waals surface area (Å²) in [4.78, 5) is 11.4. The maximum Gasteiger partial charge on any atom is 0.319 e. The second-order valence-electron chi connectivity index (χ2n) is 5.98. The lowest BCUT2D eigenvalue weighted by Crippen LogP contribution is -2.14. The van der Waals surface area contributed by atoms with Crippen LogP contribution in [0.1, 0.15) is 33.3 Å². The van der Waals surface area contributed by atoms with Crippen molar-refractivity contribution in [3.8, 4) is 11.5 Å². The molecule has 0 radical (unpaired) electrons. The van der Waals surface area contributed by atoms with Crippen LogP contribution in [0, 0.1) is 0 Å². The molecule has 22 heavy (non-hydrogen) atoms. The third-order valence-corrected chi connectivity index (χ3v) is 4.13. The summed E-state index contributed by atoms with van der Waals surface area (Å²) in [6.45, 7) is 8.23. The molecule has 0 bridgehead atoms. The average Bonchev–Trinajstić information content (AvgIpc) is 2.94. The lowest BCUT2D eigenvalue weighted by Gasteiger charge is -2.18. The molecule has 1 aromatic carbocycles. The minimum absolute atomic E-state index is 0.102. The highest BCUT2D eigenvalue weighted by Crippen LogP contribution is 2.28. The molecule has 6 heteroatoms. The van der Waals surface area contributed by atoms with Gasteiger partial charge in [0.05, 0.1) is 7.11 Å². The number of hydrogen-bond acceptors (Lipinski definition) is 6.